The molecule has 2 aromatic carbocycles. The predicted octanol–water partition coefficient (Wildman–Crippen LogP) is 2.80. The van der Waals surface area contributed by atoms with Crippen molar-refractivity contribution in [1.29, 1.82) is 0 Å². The molecular formula is C25H30FN5O2. The molecule has 174 valence electrons. The number of amides is 2. The van der Waals surface area contributed by atoms with Gasteiger partial charge < -0.3 is 15.5 Å². The van der Waals surface area contributed by atoms with E-state index >= 15 is 0 Å². The van der Waals surface area contributed by atoms with E-state index in [0.717, 1.165) is 24.2 Å². The first-order chi connectivity index (χ1) is 15.7. The van der Waals surface area contributed by atoms with Crippen LogP contribution in [0.1, 0.15) is 36.8 Å². The average molecular weight is 452 g/mol. The number of para-hydroxylation sites is 1. The van der Waals surface area contributed by atoms with Crippen LogP contribution in [0.15, 0.2) is 48.5 Å². The number of carbonyl (C=O) groups excluding carboxylic acids is 2. The van der Waals surface area contributed by atoms with Crippen LogP contribution in [0.25, 0.3) is 10.9 Å². The number of nitrogens with one attached hydrogen (secondary N) is 2. The lowest BCUT2D eigenvalue weighted by molar-refractivity contribution is -0.136. The number of carbonyl (C=O) groups is 2. The fraction of sp³-hybridized carbons (Fsp3) is 0.400. The van der Waals surface area contributed by atoms with Crippen LogP contribution in [0.4, 0.5) is 4.39 Å². The van der Waals surface area contributed by atoms with E-state index in [4.69, 9.17) is 0 Å². The van der Waals surface area contributed by atoms with Gasteiger partial charge in [-0.25, -0.2) is 4.39 Å². The van der Waals surface area contributed by atoms with Crippen LogP contribution < -0.4 is 10.6 Å². The Hall–Kier alpha value is -3.26. The Morgan fingerprint density at radius 3 is 2.42 bits per heavy atom. The number of hydrogen-bond acceptors (Lipinski definition) is 4. The SMILES string of the molecule is CC(C)(C)C(NC(=O)c1nn(Cc2ccc(F)cc2)c2ccccc12)C(=O)N1CCNCC1. The van der Waals surface area contributed by atoms with Crippen molar-refractivity contribution in [1.82, 2.24) is 25.3 Å². The van der Waals surface area contributed by atoms with Crippen LogP contribution in [0, 0.1) is 11.2 Å². The molecule has 1 aliphatic heterocycles. The van der Waals surface area contributed by atoms with Gasteiger partial charge in [-0.2, -0.15) is 5.10 Å². The van der Waals surface area contributed by atoms with Crippen LogP contribution in [0.2, 0.25) is 0 Å². The fourth-order valence-electron chi connectivity index (χ4n) is 4.09. The van der Waals surface area contributed by atoms with E-state index in [1.54, 1.807) is 21.7 Å². The second-order valence-electron chi connectivity index (χ2n) is 9.50. The molecule has 0 aliphatic carbocycles. The van der Waals surface area contributed by atoms with Gasteiger partial charge in [-0.3, -0.25) is 14.3 Å². The van der Waals surface area contributed by atoms with Crippen molar-refractivity contribution in [3.63, 3.8) is 0 Å². The minimum Gasteiger partial charge on any atom is -0.338 e. The summed E-state index contributed by atoms with van der Waals surface area (Å²) in [6, 6.07) is 13.0. The summed E-state index contributed by atoms with van der Waals surface area (Å²) >= 11 is 0. The molecule has 2 amide bonds. The highest BCUT2D eigenvalue weighted by molar-refractivity contribution is 6.06. The Morgan fingerprint density at radius 1 is 1.09 bits per heavy atom. The van der Waals surface area contributed by atoms with Gasteiger partial charge in [0.1, 0.15) is 11.9 Å². The minimum absolute atomic E-state index is 0.0765. The molecule has 0 saturated carbocycles. The Bertz CT molecular complexity index is 1140. The highest BCUT2D eigenvalue weighted by atomic mass is 19.1. The minimum atomic E-state index is -0.677. The largest absolute Gasteiger partial charge is 0.338 e. The summed E-state index contributed by atoms with van der Waals surface area (Å²) in [6.07, 6.45) is 0. The van der Waals surface area contributed by atoms with Crippen LogP contribution in [-0.2, 0) is 11.3 Å². The van der Waals surface area contributed by atoms with E-state index in [1.807, 2.05) is 45.0 Å². The van der Waals surface area contributed by atoms with Crippen molar-refractivity contribution in [3.8, 4) is 0 Å². The highest BCUT2D eigenvalue weighted by Gasteiger charge is 2.37. The second-order valence-corrected chi connectivity index (χ2v) is 9.50. The van der Waals surface area contributed by atoms with Gasteiger partial charge in [0.25, 0.3) is 5.91 Å². The molecule has 8 heteroatoms. The Kier molecular flexibility index (Phi) is 6.47. The number of rotatable bonds is 5. The van der Waals surface area contributed by atoms with E-state index in [-0.39, 0.29) is 23.3 Å². The average Bonchev–Trinajstić information content (AvgIpc) is 3.17. The molecular weight excluding hydrogens is 421 g/mol. The number of nitrogens with zero attached hydrogens (tertiary/aromatic N) is 3. The van der Waals surface area contributed by atoms with E-state index in [0.29, 0.717) is 25.0 Å². The van der Waals surface area contributed by atoms with Gasteiger partial charge >= 0.3 is 0 Å². The standard InChI is InChI=1S/C25H30FN5O2/c1-25(2,3)22(24(33)30-14-12-27-13-15-30)28-23(32)21-19-6-4-5-7-20(19)31(29-21)16-17-8-10-18(26)11-9-17/h4-11,22,27H,12-16H2,1-3H3,(H,28,32). The molecule has 2 N–H and O–H groups in total. The van der Waals surface area contributed by atoms with Crippen molar-refractivity contribution >= 4 is 22.7 Å². The number of halogens is 1. The van der Waals surface area contributed by atoms with E-state index in [2.05, 4.69) is 15.7 Å². The molecule has 1 fully saturated rings. The van der Waals surface area contributed by atoms with Crippen LogP contribution >= 0.6 is 0 Å². The Balaban J connectivity index is 1.62. The normalized spacial score (nSPS) is 15.5. The smallest absolute Gasteiger partial charge is 0.273 e. The Labute approximate surface area is 192 Å². The third-order valence-corrected chi connectivity index (χ3v) is 5.94. The van der Waals surface area contributed by atoms with Gasteiger partial charge in [-0.05, 0) is 29.2 Å². The first kappa shape index (κ1) is 22.9. The van der Waals surface area contributed by atoms with Gasteiger partial charge in [-0.15, -0.1) is 0 Å². The molecule has 0 radical (unpaired) electrons. The highest BCUT2D eigenvalue weighted by Crippen LogP contribution is 2.24. The first-order valence-electron chi connectivity index (χ1n) is 11.2. The zero-order valence-electron chi connectivity index (χ0n) is 19.3. The summed E-state index contributed by atoms with van der Waals surface area (Å²) < 4.78 is 15.0. The predicted molar refractivity (Wildman–Crippen MR) is 125 cm³/mol. The molecule has 33 heavy (non-hydrogen) atoms. The maximum absolute atomic E-state index is 13.4. The third kappa shape index (κ3) is 5.06. The summed E-state index contributed by atoms with van der Waals surface area (Å²) in [5, 5.41) is 11.5. The monoisotopic (exact) mass is 451 g/mol. The number of piperazine rings is 1. The zero-order chi connectivity index (χ0) is 23.6. The molecule has 0 bridgehead atoms. The lowest BCUT2D eigenvalue weighted by Gasteiger charge is -2.36. The van der Waals surface area contributed by atoms with E-state index in [9.17, 15) is 14.0 Å². The molecule has 0 spiro atoms. The molecule has 1 saturated heterocycles. The first-order valence-corrected chi connectivity index (χ1v) is 11.2. The van der Waals surface area contributed by atoms with E-state index < -0.39 is 11.5 Å². The number of benzene rings is 2. The zero-order valence-corrected chi connectivity index (χ0v) is 19.3. The van der Waals surface area contributed by atoms with Gasteiger partial charge in [0.05, 0.1) is 12.1 Å². The topological polar surface area (TPSA) is 79.3 Å². The number of fused-ring (bicyclic) bond motifs is 1. The molecule has 1 atom stereocenters. The summed E-state index contributed by atoms with van der Waals surface area (Å²) in [6.45, 7) is 8.98. The van der Waals surface area contributed by atoms with Crippen molar-refractivity contribution in [2.24, 2.45) is 5.41 Å². The number of hydrogen-bond donors (Lipinski definition) is 2. The van der Waals surface area contributed by atoms with Gasteiger partial charge in [0, 0.05) is 31.6 Å². The molecule has 1 aliphatic rings. The third-order valence-electron chi connectivity index (χ3n) is 5.94. The lowest BCUT2D eigenvalue weighted by atomic mass is 9.85. The number of aromatic nitrogens is 2. The summed E-state index contributed by atoms with van der Waals surface area (Å²) in [5.41, 5.74) is 1.48. The van der Waals surface area contributed by atoms with Crippen LogP contribution in [0.5, 0.6) is 0 Å². The van der Waals surface area contributed by atoms with Gasteiger partial charge in [0.15, 0.2) is 5.69 Å². The molecule has 2 heterocycles. The van der Waals surface area contributed by atoms with Crippen molar-refractivity contribution < 1.29 is 14.0 Å². The lowest BCUT2D eigenvalue weighted by Crippen LogP contribution is -2.58. The van der Waals surface area contributed by atoms with Gasteiger partial charge in [-0.1, -0.05) is 51.1 Å². The van der Waals surface area contributed by atoms with Crippen molar-refractivity contribution in [3.05, 3.63) is 65.6 Å². The fourth-order valence-corrected chi connectivity index (χ4v) is 4.09. The maximum Gasteiger partial charge on any atom is 0.273 e. The van der Waals surface area contributed by atoms with Crippen LogP contribution in [0.3, 0.4) is 0 Å². The molecule has 1 aromatic heterocycles. The molecule has 7 nitrogen and oxygen atoms in total. The second kappa shape index (κ2) is 9.31. The molecule has 1 unspecified atom stereocenters. The van der Waals surface area contributed by atoms with Gasteiger partial charge in [0.2, 0.25) is 5.91 Å². The van der Waals surface area contributed by atoms with Crippen molar-refractivity contribution in [2.75, 3.05) is 26.2 Å². The quantitative estimate of drug-likeness (QED) is 0.625. The van der Waals surface area contributed by atoms with Crippen molar-refractivity contribution in [2.45, 2.75) is 33.4 Å². The Morgan fingerprint density at radius 2 is 1.76 bits per heavy atom. The molecule has 4 rings (SSSR count). The van der Waals surface area contributed by atoms with E-state index in [1.165, 1.54) is 12.1 Å². The summed E-state index contributed by atoms with van der Waals surface area (Å²) in [4.78, 5) is 28.5. The molecule has 3 aromatic rings. The summed E-state index contributed by atoms with van der Waals surface area (Å²) in [5.74, 6) is -0.758. The van der Waals surface area contributed by atoms with Crippen LogP contribution in [-0.4, -0.2) is 58.7 Å². The maximum atomic E-state index is 13.4. The summed E-state index contributed by atoms with van der Waals surface area (Å²) in [7, 11) is 0.